The summed E-state index contributed by atoms with van der Waals surface area (Å²) >= 11 is 0. The van der Waals surface area contributed by atoms with Crippen LogP contribution in [0.15, 0.2) is 29.4 Å². The molecule has 6 nitrogen and oxygen atoms in total. The fourth-order valence-corrected chi connectivity index (χ4v) is 4.25. The van der Waals surface area contributed by atoms with E-state index in [9.17, 15) is 4.39 Å². The summed E-state index contributed by atoms with van der Waals surface area (Å²) in [5.74, 6) is 0.793. The molecule has 0 spiro atoms. The summed E-state index contributed by atoms with van der Waals surface area (Å²) < 4.78 is 18.8. The Morgan fingerprint density at radius 3 is 2.93 bits per heavy atom. The van der Waals surface area contributed by atoms with Gasteiger partial charge in [0, 0.05) is 62.4 Å². The Balaban J connectivity index is 0.00000240. The lowest BCUT2D eigenvalue weighted by Crippen LogP contribution is -2.46. The van der Waals surface area contributed by atoms with E-state index in [0.29, 0.717) is 12.6 Å². The molecule has 1 unspecified atom stereocenters. The fourth-order valence-electron chi connectivity index (χ4n) is 4.25. The first-order chi connectivity index (χ1) is 13.7. The van der Waals surface area contributed by atoms with E-state index in [4.69, 9.17) is 9.73 Å². The summed E-state index contributed by atoms with van der Waals surface area (Å²) in [5.41, 5.74) is 2.03. The Hall–Kier alpha value is -1.39. The third-order valence-electron chi connectivity index (χ3n) is 5.73. The van der Waals surface area contributed by atoms with Crippen LogP contribution in [0.4, 0.5) is 4.39 Å². The van der Waals surface area contributed by atoms with Gasteiger partial charge in [0.25, 0.3) is 0 Å². The third-order valence-corrected chi connectivity index (χ3v) is 5.73. The second kappa shape index (κ2) is 10.6. The number of benzene rings is 1. The number of halogens is 2. The van der Waals surface area contributed by atoms with E-state index in [-0.39, 0.29) is 29.8 Å². The summed E-state index contributed by atoms with van der Waals surface area (Å²) in [5, 5.41) is 4.53. The van der Waals surface area contributed by atoms with E-state index < -0.39 is 0 Å². The Labute approximate surface area is 188 Å². The molecule has 1 aromatic heterocycles. The number of morpholine rings is 1. The quantitative estimate of drug-likeness (QED) is 0.366. The highest BCUT2D eigenvalue weighted by atomic mass is 127. The van der Waals surface area contributed by atoms with E-state index in [1.807, 2.05) is 12.3 Å². The SMILES string of the molecule is CCNC(=NCCc1c[nH]c2cc(F)ccc12)N1CCC(N2CCOCC2)C1.I. The number of aromatic nitrogens is 1. The maximum atomic E-state index is 13.4. The highest BCUT2D eigenvalue weighted by molar-refractivity contribution is 14.0. The smallest absolute Gasteiger partial charge is 0.193 e. The van der Waals surface area contributed by atoms with Gasteiger partial charge in [-0.05, 0) is 43.5 Å². The van der Waals surface area contributed by atoms with Crippen molar-refractivity contribution in [2.75, 3.05) is 52.5 Å². The number of guanidine groups is 1. The number of hydrogen-bond donors (Lipinski definition) is 2. The summed E-state index contributed by atoms with van der Waals surface area (Å²) in [6, 6.07) is 5.50. The molecule has 1 atom stereocenters. The van der Waals surface area contributed by atoms with Gasteiger partial charge < -0.3 is 19.9 Å². The number of aromatic amines is 1. The van der Waals surface area contributed by atoms with Gasteiger partial charge in [-0.15, -0.1) is 24.0 Å². The first-order valence-corrected chi connectivity index (χ1v) is 10.3. The molecule has 2 fully saturated rings. The van der Waals surface area contributed by atoms with Crippen molar-refractivity contribution in [2.24, 2.45) is 4.99 Å². The molecule has 4 rings (SSSR count). The largest absolute Gasteiger partial charge is 0.379 e. The van der Waals surface area contributed by atoms with Gasteiger partial charge in [-0.3, -0.25) is 9.89 Å². The Kier molecular flexibility index (Phi) is 8.14. The van der Waals surface area contributed by atoms with Gasteiger partial charge in [-0.1, -0.05) is 0 Å². The van der Waals surface area contributed by atoms with Gasteiger partial charge in [-0.2, -0.15) is 0 Å². The van der Waals surface area contributed by atoms with Crippen LogP contribution in [0.1, 0.15) is 18.9 Å². The number of rotatable bonds is 5. The van der Waals surface area contributed by atoms with Crippen LogP contribution in [-0.2, 0) is 11.2 Å². The molecule has 0 aliphatic carbocycles. The van der Waals surface area contributed by atoms with Crippen molar-refractivity contribution in [1.82, 2.24) is 20.1 Å². The van der Waals surface area contributed by atoms with Gasteiger partial charge in [-0.25, -0.2) is 4.39 Å². The van der Waals surface area contributed by atoms with Crippen LogP contribution < -0.4 is 5.32 Å². The summed E-state index contributed by atoms with van der Waals surface area (Å²) in [6.07, 6.45) is 3.98. The van der Waals surface area contributed by atoms with Crippen molar-refractivity contribution in [2.45, 2.75) is 25.8 Å². The first kappa shape index (κ1) is 22.3. The summed E-state index contributed by atoms with van der Waals surface area (Å²) in [4.78, 5) is 13.0. The lowest BCUT2D eigenvalue weighted by atomic mass is 10.1. The van der Waals surface area contributed by atoms with Crippen LogP contribution in [0.2, 0.25) is 0 Å². The lowest BCUT2D eigenvalue weighted by Gasteiger charge is -2.32. The predicted octanol–water partition coefficient (Wildman–Crippen LogP) is 2.84. The van der Waals surface area contributed by atoms with Crippen molar-refractivity contribution in [3.05, 3.63) is 35.8 Å². The molecule has 160 valence electrons. The van der Waals surface area contributed by atoms with E-state index in [0.717, 1.165) is 69.2 Å². The van der Waals surface area contributed by atoms with E-state index in [1.54, 1.807) is 6.07 Å². The predicted molar refractivity (Wildman–Crippen MR) is 126 cm³/mol. The molecule has 29 heavy (non-hydrogen) atoms. The molecule has 0 saturated carbocycles. The minimum absolute atomic E-state index is 0. The number of hydrogen-bond acceptors (Lipinski definition) is 3. The molecular weight excluding hydrogens is 484 g/mol. The number of likely N-dealkylation sites (tertiary alicyclic amines) is 1. The number of H-pyrrole nitrogens is 1. The van der Waals surface area contributed by atoms with Gasteiger partial charge in [0.05, 0.1) is 13.2 Å². The molecule has 3 heterocycles. The number of aliphatic imine (C=N–C) groups is 1. The van der Waals surface area contributed by atoms with Crippen molar-refractivity contribution in [1.29, 1.82) is 0 Å². The van der Waals surface area contributed by atoms with Crippen LogP contribution in [0.5, 0.6) is 0 Å². The van der Waals surface area contributed by atoms with Gasteiger partial charge in [0.2, 0.25) is 0 Å². The van der Waals surface area contributed by atoms with Gasteiger partial charge in [0.1, 0.15) is 5.82 Å². The summed E-state index contributed by atoms with van der Waals surface area (Å²) in [7, 11) is 0. The molecule has 8 heteroatoms. The van der Waals surface area contributed by atoms with Crippen LogP contribution >= 0.6 is 24.0 Å². The third kappa shape index (κ3) is 5.40. The molecule has 2 saturated heterocycles. The topological polar surface area (TPSA) is 55.9 Å². The fraction of sp³-hybridized carbons (Fsp3) is 0.571. The van der Waals surface area contributed by atoms with Crippen molar-refractivity contribution < 1.29 is 9.13 Å². The Morgan fingerprint density at radius 1 is 1.31 bits per heavy atom. The van der Waals surface area contributed by atoms with Crippen LogP contribution in [0, 0.1) is 5.82 Å². The Morgan fingerprint density at radius 2 is 2.14 bits per heavy atom. The average molecular weight is 515 g/mol. The van der Waals surface area contributed by atoms with Gasteiger partial charge >= 0.3 is 0 Å². The summed E-state index contributed by atoms with van der Waals surface area (Å²) in [6.45, 7) is 9.52. The van der Waals surface area contributed by atoms with E-state index >= 15 is 0 Å². The first-order valence-electron chi connectivity index (χ1n) is 10.3. The van der Waals surface area contributed by atoms with Crippen molar-refractivity contribution >= 4 is 40.8 Å². The van der Waals surface area contributed by atoms with Gasteiger partial charge in [0.15, 0.2) is 5.96 Å². The zero-order chi connectivity index (χ0) is 19.3. The normalized spacial score (nSPS) is 20.8. The standard InChI is InChI=1S/C21H30FN5O.HI/c1-2-23-21(27-8-6-18(15-27)26-9-11-28-12-10-26)24-7-5-16-14-25-20-13-17(22)3-4-19(16)20;/h3-4,13-14,18,25H,2,5-12,15H2,1H3,(H,23,24);1H. The molecule has 1 aromatic carbocycles. The second-order valence-corrected chi connectivity index (χ2v) is 7.53. The molecule has 0 radical (unpaired) electrons. The lowest BCUT2D eigenvalue weighted by molar-refractivity contribution is 0.0195. The molecule has 2 aliphatic rings. The maximum absolute atomic E-state index is 13.4. The van der Waals surface area contributed by atoms with Crippen LogP contribution in [0.3, 0.4) is 0 Å². The Bertz CT molecular complexity index is 821. The second-order valence-electron chi connectivity index (χ2n) is 7.53. The zero-order valence-corrected chi connectivity index (χ0v) is 19.3. The van der Waals surface area contributed by atoms with Crippen molar-refractivity contribution in [3.63, 3.8) is 0 Å². The average Bonchev–Trinajstić information content (AvgIpc) is 3.35. The molecule has 0 bridgehead atoms. The number of nitrogens with one attached hydrogen (secondary N) is 2. The number of ether oxygens (including phenoxy) is 1. The molecule has 0 amide bonds. The van der Waals surface area contributed by atoms with E-state index in [1.165, 1.54) is 18.1 Å². The molecule has 2 aromatic rings. The van der Waals surface area contributed by atoms with Crippen LogP contribution in [-0.4, -0.2) is 79.3 Å². The number of fused-ring (bicyclic) bond motifs is 1. The minimum atomic E-state index is -0.211. The maximum Gasteiger partial charge on any atom is 0.193 e. The van der Waals surface area contributed by atoms with E-state index in [2.05, 4.69) is 27.0 Å². The zero-order valence-electron chi connectivity index (χ0n) is 17.0. The highest BCUT2D eigenvalue weighted by Crippen LogP contribution is 2.20. The van der Waals surface area contributed by atoms with Crippen LogP contribution in [0.25, 0.3) is 10.9 Å². The van der Waals surface area contributed by atoms with Crippen molar-refractivity contribution in [3.8, 4) is 0 Å². The monoisotopic (exact) mass is 515 g/mol. The number of nitrogens with zero attached hydrogens (tertiary/aromatic N) is 3. The molecular formula is C21H31FIN5O. The molecule has 2 N–H and O–H groups in total. The highest BCUT2D eigenvalue weighted by Gasteiger charge is 2.30. The minimum Gasteiger partial charge on any atom is -0.379 e. The molecule has 2 aliphatic heterocycles.